The molecule has 0 aliphatic rings. The van der Waals surface area contributed by atoms with Crippen molar-refractivity contribution in [1.29, 1.82) is 0 Å². The Labute approximate surface area is 101 Å². The number of halogens is 9. The number of alkyl halides is 9. The summed E-state index contributed by atoms with van der Waals surface area (Å²) in [7, 11) is 0. The molecule has 1 unspecified atom stereocenters. The molecule has 0 aromatic rings. The minimum atomic E-state index is -6.45. The number of carboxylic acids is 1. The Kier molecular flexibility index (Phi) is 4.26. The van der Waals surface area contributed by atoms with Crippen molar-refractivity contribution in [2.24, 2.45) is 0 Å². The Balaban J connectivity index is 5.39. The predicted molar refractivity (Wildman–Crippen MR) is 42.5 cm³/mol. The maximum Gasteiger partial charge on any atom is 0.460 e. The molecule has 0 bridgehead atoms. The van der Waals surface area contributed by atoms with Gasteiger partial charge >= 0.3 is 28.0 Å². The quantitative estimate of drug-likeness (QED) is 0.458. The highest BCUT2D eigenvalue weighted by Gasteiger charge is 2.72. The van der Waals surface area contributed by atoms with Crippen LogP contribution in [0.2, 0.25) is 0 Å². The molecular weight excluding hydrogens is 387 g/mol. The molecule has 1 atom stereocenters. The third-order valence-electron chi connectivity index (χ3n) is 1.24. The van der Waals surface area contributed by atoms with Gasteiger partial charge in [-0.05, 0) is 0 Å². The zero-order valence-electron chi connectivity index (χ0n) is 7.17. The van der Waals surface area contributed by atoms with E-state index in [0.717, 1.165) is 0 Å². The molecule has 0 amide bonds. The van der Waals surface area contributed by atoms with E-state index in [1.54, 1.807) is 0 Å². The van der Waals surface area contributed by atoms with Gasteiger partial charge in [0.1, 0.15) is 0 Å². The topological polar surface area (TPSA) is 46.5 Å². The third kappa shape index (κ3) is 3.29. The lowest BCUT2D eigenvalue weighted by atomic mass is 10.3. The minimum absolute atomic E-state index is 0.324. The van der Waals surface area contributed by atoms with Crippen molar-refractivity contribution in [2.75, 3.05) is 0 Å². The van der Waals surface area contributed by atoms with Crippen molar-refractivity contribution < 1.29 is 49.8 Å². The Hall–Kier alpha value is -0.400. The van der Waals surface area contributed by atoms with Crippen LogP contribution in [0.25, 0.3) is 0 Å². The number of carboxylic acid groups (broad SMARTS) is 1. The van der Waals surface area contributed by atoms with Crippen LogP contribution in [0.3, 0.4) is 0 Å². The second kappa shape index (κ2) is 4.37. The summed E-state index contributed by atoms with van der Waals surface area (Å²) in [4.78, 5) is 9.87. The molecule has 0 saturated heterocycles. The average Bonchev–Trinajstić information content (AvgIpc) is 1.98. The SMILES string of the molecule is O=C(O)C(F)(OC(F)(F)C(F)(F)I)C(F)(F)F. The summed E-state index contributed by atoms with van der Waals surface area (Å²) in [6.45, 7) is 0. The van der Waals surface area contributed by atoms with Gasteiger partial charge in [-0.25, -0.2) is 4.79 Å². The first-order valence-electron chi connectivity index (χ1n) is 3.29. The van der Waals surface area contributed by atoms with E-state index < -0.39 is 28.0 Å². The van der Waals surface area contributed by atoms with Crippen molar-refractivity contribution in [1.82, 2.24) is 0 Å². The highest BCUT2D eigenvalue weighted by molar-refractivity contribution is 14.1. The second-order valence-electron chi connectivity index (χ2n) is 2.51. The molecule has 3 nitrogen and oxygen atoms in total. The first kappa shape index (κ1) is 16.6. The summed E-state index contributed by atoms with van der Waals surface area (Å²) in [5.74, 6) is -9.46. The fourth-order valence-electron chi connectivity index (χ4n) is 0.457. The Morgan fingerprint density at radius 3 is 1.53 bits per heavy atom. The van der Waals surface area contributed by atoms with Gasteiger partial charge in [-0.15, -0.1) is 0 Å². The molecule has 17 heavy (non-hydrogen) atoms. The molecule has 0 aromatic heterocycles. The van der Waals surface area contributed by atoms with Gasteiger partial charge in [-0.2, -0.15) is 35.1 Å². The molecule has 0 heterocycles. The molecule has 0 fully saturated rings. The first-order valence-corrected chi connectivity index (χ1v) is 4.37. The van der Waals surface area contributed by atoms with Crippen molar-refractivity contribution in [3.63, 3.8) is 0 Å². The fourth-order valence-corrected chi connectivity index (χ4v) is 0.567. The first-order chi connectivity index (χ1) is 7.15. The van der Waals surface area contributed by atoms with Gasteiger partial charge in [0.05, 0.1) is 0 Å². The Morgan fingerprint density at radius 1 is 1.00 bits per heavy atom. The summed E-state index contributed by atoms with van der Waals surface area (Å²) < 4.78 is 93.8. The molecular formula is C5HF8IO3. The van der Waals surface area contributed by atoms with Crippen LogP contribution < -0.4 is 0 Å². The highest BCUT2D eigenvalue weighted by atomic mass is 127. The average molecular weight is 388 g/mol. The fraction of sp³-hybridized carbons (Fsp3) is 0.800. The van der Waals surface area contributed by atoms with Crippen LogP contribution in [-0.2, 0) is 9.53 Å². The van der Waals surface area contributed by atoms with Gasteiger partial charge in [0.15, 0.2) is 0 Å². The van der Waals surface area contributed by atoms with Crippen molar-refractivity contribution in [3.8, 4) is 0 Å². The maximum absolute atomic E-state index is 12.7. The van der Waals surface area contributed by atoms with E-state index in [2.05, 4.69) is 4.74 Å². The Bertz CT molecular complexity index is 309. The zero-order valence-corrected chi connectivity index (χ0v) is 9.32. The van der Waals surface area contributed by atoms with E-state index in [1.165, 1.54) is 0 Å². The van der Waals surface area contributed by atoms with Gasteiger partial charge < -0.3 is 5.11 Å². The van der Waals surface area contributed by atoms with Crippen molar-refractivity contribution in [3.05, 3.63) is 0 Å². The number of hydrogen-bond acceptors (Lipinski definition) is 2. The van der Waals surface area contributed by atoms with Crippen LogP contribution in [0.15, 0.2) is 0 Å². The van der Waals surface area contributed by atoms with Crippen molar-refractivity contribution in [2.45, 2.75) is 22.1 Å². The number of hydrogen-bond donors (Lipinski definition) is 1. The number of rotatable bonds is 4. The van der Waals surface area contributed by atoms with E-state index in [9.17, 15) is 39.9 Å². The lowest BCUT2D eigenvalue weighted by Gasteiger charge is -2.29. The maximum atomic E-state index is 12.7. The molecule has 12 heteroatoms. The smallest absolute Gasteiger partial charge is 0.460 e. The predicted octanol–water partition coefficient (Wildman–Crippen LogP) is 2.94. The molecule has 0 radical (unpaired) electrons. The summed E-state index contributed by atoms with van der Waals surface area (Å²) >= 11 is -0.324. The molecule has 0 aromatic carbocycles. The largest absolute Gasteiger partial charge is 0.477 e. The lowest BCUT2D eigenvalue weighted by Crippen LogP contribution is -2.56. The van der Waals surface area contributed by atoms with E-state index >= 15 is 0 Å². The zero-order chi connectivity index (χ0) is 14.3. The van der Waals surface area contributed by atoms with E-state index in [4.69, 9.17) is 5.11 Å². The minimum Gasteiger partial charge on any atom is -0.477 e. The van der Waals surface area contributed by atoms with E-state index in [0.29, 0.717) is 0 Å². The summed E-state index contributed by atoms with van der Waals surface area (Å²) in [5.41, 5.74) is 0. The number of ether oxygens (including phenoxy) is 1. The molecule has 0 aliphatic heterocycles. The molecule has 0 saturated carbocycles. The van der Waals surface area contributed by atoms with Crippen molar-refractivity contribution >= 4 is 28.6 Å². The van der Waals surface area contributed by atoms with Gasteiger partial charge in [0, 0.05) is 22.6 Å². The van der Waals surface area contributed by atoms with Gasteiger partial charge in [-0.3, -0.25) is 4.74 Å². The normalized spacial score (nSPS) is 17.7. The molecule has 1 N–H and O–H groups in total. The monoisotopic (exact) mass is 388 g/mol. The van der Waals surface area contributed by atoms with E-state index in [1.807, 2.05) is 0 Å². The molecule has 102 valence electrons. The second-order valence-corrected chi connectivity index (χ2v) is 3.87. The van der Waals surface area contributed by atoms with E-state index in [-0.39, 0.29) is 22.6 Å². The molecule has 0 rings (SSSR count). The summed E-state index contributed by atoms with van der Waals surface area (Å²) in [6, 6.07) is 0. The van der Waals surface area contributed by atoms with Crippen LogP contribution in [0.1, 0.15) is 0 Å². The van der Waals surface area contributed by atoms with Crippen LogP contribution >= 0.6 is 22.6 Å². The third-order valence-corrected chi connectivity index (χ3v) is 1.87. The number of carbonyl (C=O) groups is 1. The molecule has 0 spiro atoms. The van der Waals surface area contributed by atoms with Gasteiger partial charge in [-0.1, -0.05) is 0 Å². The molecule has 0 aliphatic carbocycles. The van der Waals surface area contributed by atoms with Crippen LogP contribution in [0, 0.1) is 0 Å². The standard InChI is InChI=1S/C5HF8IO3/c6-2(1(15)16,3(7,8)9)17-5(12,13)4(10,11)14/h(H,15,16). The van der Waals surface area contributed by atoms with Gasteiger partial charge in [0.25, 0.3) is 0 Å². The summed E-state index contributed by atoms with van der Waals surface area (Å²) in [6.07, 6.45) is -12.4. The van der Waals surface area contributed by atoms with Crippen LogP contribution in [-0.4, -0.2) is 33.1 Å². The van der Waals surface area contributed by atoms with Gasteiger partial charge in [0.2, 0.25) is 0 Å². The summed E-state index contributed by atoms with van der Waals surface area (Å²) in [5, 5.41) is 7.80. The highest BCUT2D eigenvalue weighted by Crippen LogP contribution is 2.47. The van der Waals surface area contributed by atoms with Crippen LogP contribution in [0.4, 0.5) is 35.1 Å². The number of aliphatic carboxylic acids is 1. The Morgan fingerprint density at radius 2 is 1.35 bits per heavy atom. The van der Waals surface area contributed by atoms with Crippen LogP contribution in [0.5, 0.6) is 0 Å². The lowest BCUT2D eigenvalue weighted by molar-refractivity contribution is -0.421.